The van der Waals surface area contributed by atoms with E-state index in [9.17, 15) is 18.5 Å². The Morgan fingerprint density at radius 3 is 2.46 bits per heavy atom. The van der Waals surface area contributed by atoms with Gasteiger partial charge in [-0.25, -0.2) is 8.42 Å². The van der Waals surface area contributed by atoms with Crippen molar-refractivity contribution in [2.75, 3.05) is 32.8 Å². The van der Waals surface area contributed by atoms with Crippen LogP contribution in [0.4, 0.5) is 0 Å². The molecule has 0 spiro atoms. The highest BCUT2D eigenvalue weighted by atomic mass is 32.2. The van der Waals surface area contributed by atoms with Crippen LogP contribution < -0.4 is 9.47 Å². The number of sulfonamides is 1. The second-order valence-electron chi connectivity index (χ2n) is 9.23. The number of benzene rings is 2. The lowest BCUT2D eigenvalue weighted by molar-refractivity contribution is -0.137. The van der Waals surface area contributed by atoms with Crippen LogP contribution in [0.25, 0.3) is 0 Å². The molecule has 1 atom stereocenters. The van der Waals surface area contributed by atoms with Gasteiger partial charge in [-0.05, 0) is 55.5 Å². The fraction of sp³-hybridized carbons (Fsp3) is 0.462. The molecule has 0 aromatic heterocycles. The maximum absolute atomic E-state index is 13.5. The smallest absolute Gasteiger partial charge is 0.244 e. The van der Waals surface area contributed by atoms with E-state index in [4.69, 9.17) is 9.47 Å². The third-order valence-corrected chi connectivity index (χ3v) is 9.08. The number of hydrogen-bond acceptors (Lipinski definition) is 6. The van der Waals surface area contributed by atoms with Crippen molar-refractivity contribution in [1.29, 1.82) is 5.26 Å². The van der Waals surface area contributed by atoms with Crippen molar-refractivity contribution in [1.82, 2.24) is 9.21 Å². The van der Waals surface area contributed by atoms with Gasteiger partial charge in [0.2, 0.25) is 15.9 Å². The van der Waals surface area contributed by atoms with Crippen LogP contribution in [0.1, 0.15) is 49.3 Å². The second kappa shape index (κ2) is 9.88. The first-order valence-electron chi connectivity index (χ1n) is 12.2. The van der Waals surface area contributed by atoms with Crippen LogP contribution in [0.2, 0.25) is 0 Å². The summed E-state index contributed by atoms with van der Waals surface area (Å²) in [5.74, 6) is 1.35. The molecule has 9 heteroatoms. The summed E-state index contributed by atoms with van der Waals surface area (Å²) in [6, 6.07) is 14.2. The van der Waals surface area contributed by atoms with Gasteiger partial charge >= 0.3 is 0 Å². The molecule has 0 aliphatic carbocycles. The fourth-order valence-electron chi connectivity index (χ4n) is 5.26. The number of amides is 1. The van der Waals surface area contributed by atoms with E-state index in [2.05, 4.69) is 0 Å². The Morgan fingerprint density at radius 2 is 1.69 bits per heavy atom. The fourth-order valence-corrected chi connectivity index (χ4v) is 6.88. The van der Waals surface area contributed by atoms with Crippen molar-refractivity contribution < 1.29 is 22.7 Å². The molecule has 8 nitrogen and oxygen atoms in total. The van der Waals surface area contributed by atoms with Crippen molar-refractivity contribution in [3.8, 4) is 17.6 Å². The normalized spacial score (nSPS) is 21.3. The number of carbonyl (C=O) groups excluding carboxylic acids is 1. The Hall–Kier alpha value is -3.09. The average Bonchev–Trinajstić information content (AvgIpc) is 3.26. The standard InChI is InChI=1S/C26H29N3O5S/c27-18-21-5-1-2-7-25(21)35(31,32)28-13-10-19(11-14-28)26(30)29-12-3-6-22(29)20-8-9-23-24(17-20)34-16-4-15-33-23/h1-2,5,7-9,17,19,22H,3-4,6,10-16H2/t22-/m1/s1. The molecule has 0 unspecified atom stereocenters. The maximum atomic E-state index is 13.5. The molecule has 0 N–H and O–H groups in total. The highest BCUT2D eigenvalue weighted by molar-refractivity contribution is 7.89. The van der Waals surface area contributed by atoms with Crippen molar-refractivity contribution in [2.24, 2.45) is 5.92 Å². The number of rotatable bonds is 4. The highest BCUT2D eigenvalue weighted by Crippen LogP contribution is 2.39. The zero-order valence-electron chi connectivity index (χ0n) is 19.6. The first-order chi connectivity index (χ1) is 17.0. The molecule has 2 aromatic carbocycles. The number of hydrogen-bond donors (Lipinski definition) is 0. The summed E-state index contributed by atoms with van der Waals surface area (Å²) < 4.78 is 39.3. The lowest BCUT2D eigenvalue weighted by Crippen LogP contribution is -2.44. The summed E-state index contributed by atoms with van der Waals surface area (Å²) in [4.78, 5) is 15.5. The zero-order chi connectivity index (χ0) is 24.4. The minimum atomic E-state index is -3.78. The summed E-state index contributed by atoms with van der Waals surface area (Å²) in [6.07, 6.45) is 3.61. The third-order valence-electron chi connectivity index (χ3n) is 7.12. The number of fused-ring (bicyclic) bond motifs is 1. The van der Waals surface area contributed by atoms with E-state index in [1.54, 1.807) is 12.1 Å². The molecule has 0 radical (unpaired) electrons. The summed E-state index contributed by atoms with van der Waals surface area (Å²) >= 11 is 0. The molecule has 3 heterocycles. The lowest BCUT2D eigenvalue weighted by Gasteiger charge is -2.34. The molecule has 5 rings (SSSR count). The van der Waals surface area contributed by atoms with Gasteiger partial charge in [-0.2, -0.15) is 9.57 Å². The first kappa shape index (κ1) is 23.6. The van der Waals surface area contributed by atoms with E-state index in [-0.39, 0.29) is 41.4 Å². The Morgan fingerprint density at radius 1 is 0.943 bits per heavy atom. The number of nitrogens with zero attached hydrogens (tertiary/aromatic N) is 3. The molecule has 2 fully saturated rings. The molecule has 2 saturated heterocycles. The van der Waals surface area contributed by atoms with Crippen LogP contribution in [-0.2, 0) is 14.8 Å². The molecule has 184 valence electrons. The Bertz CT molecular complexity index is 1250. The molecule has 3 aliphatic heterocycles. The quantitative estimate of drug-likeness (QED) is 0.644. The van der Waals surface area contributed by atoms with E-state index in [1.807, 2.05) is 29.2 Å². The van der Waals surface area contributed by atoms with Gasteiger partial charge in [-0.3, -0.25) is 4.79 Å². The molecule has 3 aliphatic rings. The van der Waals surface area contributed by atoms with Crippen LogP contribution in [0.3, 0.4) is 0 Å². The number of nitriles is 1. The minimum absolute atomic E-state index is 0.0103. The molecule has 1 amide bonds. The summed E-state index contributed by atoms with van der Waals surface area (Å²) in [5, 5.41) is 9.32. The zero-order valence-corrected chi connectivity index (χ0v) is 20.4. The maximum Gasteiger partial charge on any atom is 0.244 e. The second-order valence-corrected chi connectivity index (χ2v) is 11.1. The number of piperidine rings is 1. The van der Waals surface area contributed by atoms with Gasteiger partial charge in [0.25, 0.3) is 0 Å². The van der Waals surface area contributed by atoms with Gasteiger partial charge in [0, 0.05) is 32.0 Å². The van der Waals surface area contributed by atoms with Gasteiger partial charge in [-0.15, -0.1) is 0 Å². The molecule has 35 heavy (non-hydrogen) atoms. The SMILES string of the molecule is N#Cc1ccccc1S(=O)(=O)N1CCC(C(=O)N2CCC[C@@H]2c2ccc3c(c2)OCCCO3)CC1. The van der Waals surface area contributed by atoms with Gasteiger partial charge < -0.3 is 14.4 Å². The Labute approximate surface area is 206 Å². The van der Waals surface area contributed by atoms with Gasteiger partial charge in [0.1, 0.15) is 6.07 Å². The van der Waals surface area contributed by atoms with E-state index in [1.165, 1.54) is 16.4 Å². The monoisotopic (exact) mass is 495 g/mol. The molecular formula is C26H29N3O5S. The minimum Gasteiger partial charge on any atom is -0.490 e. The topological polar surface area (TPSA) is 99.9 Å². The van der Waals surface area contributed by atoms with Crippen molar-refractivity contribution in [3.63, 3.8) is 0 Å². The van der Waals surface area contributed by atoms with Gasteiger partial charge in [-0.1, -0.05) is 18.2 Å². The summed E-state index contributed by atoms with van der Waals surface area (Å²) in [5.41, 5.74) is 1.19. The molecule has 2 aromatic rings. The van der Waals surface area contributed by atoms with Crippen molar-refractivity contribution >= 4 is 15.9 Å². The lowest BCUT2D eigenvalue weighted by atomic mass is 9.95. The average molecular weight is 496 g/mol. The largest absolute Gasteiger partial charge is 0.490 e. The number of carbonyl (C=O) groups is 1. The molecular weight excluding hydrogens is 466 g/mol. The highest BCUT2D eigenvalue weighted by Gasteiger charge is 2.38. The summed E-state index contributed by atoms with van der Waals surface area (Å²) in [6.45, 7) is 2.48. The third kappa shape index (κ3) is 4.60. The van der Waals surface area contributed by atoms with Crippen LogP contribution >= 0.6 is 0 Å². The molecule has 0 bridgehead atoms. The Kier molecular flexibility index (Phi) is 6.67. The van der Waals surface area contributed by atoms with Crippen molar-refractivity contribution in [3.05, 3.63) is 53.6 Å². The first-order valence-corrected chi connectivity index (χ1v) is 13.6. The van der Waals surface area contributed by atoms with Crippen LogP contribution in [0.5, 0.6) is 11.5 Å². The number of ether oxygens (including phenoxy) is 2. The van der Waals surface area contributed by atoms with Crippen LogP contribution in [-0.4, -0.2) is 56.4 Å². The number of likely N-dealkylation sites (tertiary alicyclic amines) is 1. The predicted molar refractivity (Wildman–Crippen MR) is 128 cm³/mol. The van der Waals surface area contributed by atoms with Gasteiger partial charge in [0.05, 0.1) is 29.7 Å². The van der Waals surface area contributed by atoms with Crippen LogP contribution in [0.15, 0.2) is 47.4 Å². The van der Waals surface area contributed by atoms with Crippen molar-refractivity contribution in [2.45, 2.75) is 43.0 Å². The van der Waals surface area contributed by atoms with E-state index in [0.717, 1.165) is 36.3 Å². The predicted octanol–water partition coefficient (Wildman–Crippen LogP) is 3.48. The van der Waals surface area contributed by atoms with E-state index in [0.29, 0.717) is 32.6 Å². The van der Waals surface area contributed by atoms with Crippen LogP contribution in [0, 0.1) is 17.2 Å². The summed E-state index contributed by atoms with van der Waals surface area (Å²) in [7, 11) is -3.78. The molecule has 0 saturated carbocycles. The van der Waals surface area contributed by atoms with Gasteiger partial charge in [0.15, 0.2) is 11.5 Å². The van der Waals surface area contributed by atoms with E-state index >= 15 is 0 Å². The Balaban J connectivity index is 1.27. The van der Waals surface area contributed by atoms with E-state index < -0.39 is 10.0 Å².